The van der Waals surface area contributed by atoms with Crippen LogP contribution in [-0.2, 0) is 4.74 Å². The second kappa shape index (κ2) is 4.37. The van der Waals surface area contributed by atoms with E-state index in [0.717, 1.165) is 24.4 Å². The van der Waals surface area contributed by atoms with Gasteiger partial charge in [-0.15, -0.1) is 0 Å². The summed E-state index contributed by atoms with van der Waals surface area (Å²) in [7, 11) is 0. The molecule has 1 atom stereocenters. The van der Waals surface area contributed by atoms with Crippen molar-refractivity contribution in [2.75, 3.05) is 19.7 Å². The van der Waals surface area contributed by atoms with E-state index in [1.165, 1.54) is 0 Å². The van der Waals surface area contributed by atoms with Crippen molar-refractivity contribution in [3.63, 3.8) is 0 Å². The molecule has 1 unspecified atom stereocenters. The smallest absolute Gasteiger partial charge is 0.127 e. The number of ether oxygens (including phenoxy) is 2. The molecular weight excluding hydrogens is 254 g/mol. The van der Waals surface area contributed by atoms with Gasteiger partial charge in [0.15, 0.2) is 0 Å². The van der Waals surface area contributed by atoms with Crippen LogP contribution >= 0.6 is 0 Å². The van der Waals surface area contributed by atoms with E-state index in [2.05, 4.69) is 32.6 Å². The van der Waals surface area contributed by atoms with Crippen molar-refractivity contribution in [1.29, 1.82) is 0 Å². The zero-order chi connectivity index (χ0) is 14.5. The molecule has 3 rings (SSSR count). The number of nitrogens with zero attached hydrogens (tertiary/aromatic N) is 1. The molecule has 0 amide bonds. The Balaban J connectivity index is 1.88. The van der Waals surface area contributed by atoms with Crippen LogP contribution < -0.4 is 4.74 Å². The van der Waals surface area contributed by atoms with Crippen molar-refractivity contribution >= 4 is 0 Å². The maximum Gasteiger partial charge on any atom is 0.127 e. The summed E-state index contributed by atoms with van der Waals surface area (Å²) in [5, 5.41) is 9.55. The van der Waals surface area contributed by atoms with Gasteiger partial charge in [0.25, 0.3) is 0 Å². The number of fused-ring (bicyclic) bond motifs is 1. The third kappa shape index (κ3) is 2.50. The molecule has 0 saturated carbocycles. The molecule has 0 spiro atoms. The summed E-state index contributed by atoms with van der Waals surface area (Å²) in [5.41, 5.74) is 0.833. The van der Waals surface area contributed by atoms with Gasteiger partial charge in [0.05, 0.1) is 17.2 Å². The van der Waals surface area contributed by atoms with E-state index in [4.69, 9.17) is 9.47 Å². The predicted octanol–water partition coefficient (Wildman–Crippen LogP) is 2.72. The maximum absolute atomic E-state index is 9.55. The number of phenolic OH excluding ortho intramolecular Hbond substituents is 1. The van der Waals surface area contributed by atoms with Crippen LogP contribution in [0, 0.1) is 0 Å². The Morgan fingerprint density at radius 1 is 1.15 bits per heavy atom. The average Bonchev–Trinajstić information content (AvgIpc) is 2.67. The van der Waals surface area contributed by atoms with Gasteiger partial charge in [0, 0.05) is 24.7 Å². The summed E-state index contributed by atoms with van der Waals surface area (Å²) < 4.78 is 11.9. The summed E-state index contributed by atoms with van der Waals surface area (Å²) in [5.74, 6) is 1.06. The molecule has 0 bridgehead atoms. The molecule has 2 aliphatic rings. The van der Waals surface area contributed by atoms with Crippen molar-refractivity contribution in [3.05, 3.63) is 23.8 Å². The summed E-state index contributed by atoms with van der Waals surface area (Å²) >= 11 is 0. The van der Waals surface area contributed by atoms with Gasteiger partial charge in [0.1, 0.15) is 18.1 Å². The topological polar surface area (TPSA) is 41.9 Å². The average molecular weight is 277 g/mol. The number of aromatic hydroxyl groups is 1. The molecule has 0 radical (unpaired) electrons. The number of hydrogen-bond acceptors (Lipinski definition) is 4. The van der Waals surface area contributed by atoms with Crippen LogP contribution in [0.2, 0.25) is 0 Å². The van der Waals surface area contributed by atoms with Gasteiger partial charge < -0.3 is 14.6 Å². The zero-order valence-corrected chi connectivity index (χ0v) is 12.6. The summed E-state index contributed by atoms with van der Waals surface area (Å²) in [6.45, 7) is 10.9. The third-order valence-corrected chi connectivity index (χ3v) is 3.91. The Labute approximate surface area is 120 Å². The molecule has 2 aliphatic heterocycles. The first kappa shape index (κ1) is 13.7. The van der Waals surface area contributed by atoms with Crippen LogP contribution in [0.4, 0.5) is 0 Å². The first-order valence-electron chi connectivity index (χ1n) is 7.16. The molecule has 0 aromatic heterocycles. The Kier molecular flexibility index (Phi) is 2.99. The monoisotopic (exact) mass is 277 g/mol. The van der Waals surface area contributed by atoms with Crippen LogP contribution in [0.25, 0.3) is 0 Å². The Hall–Kier alpha value is -1.26. The van der Waals surface area contributed by atoms with Crippen LogP contribution in [-0.4, -0.2) is 40.9 Å². The van der Waals surface area contributed by atoms with E-state index in [-0.39, 0.29) is 23.0 Å². The van der Waals surface area contributed by atoms with Gasteiger partial charge in [-0.25, -0.2) is 0 Å². The van der Waals surface area contributed by atoms with Crippen molar-refractivity contribution in [1.82, 2.24) is 4.90 Å². The first-order chi connectivity index (χ1) is 9.26. The standard InChI is InChI=1S/C16H23NO3/c1-15(2)9-17(10-16(3,4)20-15)13-8-19-14-7-11(18)5-6-12(13)14/h5-7,13,18H,8-10H2,1-4H3. The third-order valence-electron chi connectivity index (χ3n) is 3.91. The predicted molar refractivity (Wildman–Crippen MR) is 77.2 cm³/mol. The maximum atomic E-state index is 9.55. The number of rotatable bonds is 1. The molecule has 1 N–H and O–H groups in total. The molecule has 1 aromatic rings. The van der Waals surface area contributed by atoms with E-state index in [1.807, 2.05) is 6.07 Å². The van der Waals surface area contributed by atoms with Gasteiger partial charge in [0.2, 0.25) is 0 Å². The van der Waals surface area contributed by atoms with Gasteiger partial charge in [-0.2, -0.15) is 0 Å². The van der Waals surface area contributed by atoms with Gasteiger partial charge in [-0.3, -0.25) is 4.90 Å². The molecule has 20 heavy (non-hydrogen) atoms. The fraction of sp³-hybridized carbons (Fsp3) is 0.625. The molecule has 4 nitrogen and oxygen atoms in total. The highest BCUT2D eigenvalue weighted by atomic mass is 16.5. The molecular formula is C16H23NO3. The van der Waals surface area contributed by atoms with Crippen molar-refractivity contribution in [2.24, 2.45) is 0 Å². The fourth-order valence-electron chi connectivity index (χ4n) is 3.55. The Morgan fingerprint density at radius 2 is 1.80 bits per heavy atom. The molecule has 1 saturated heterocycles. The van der Waals surface area contributed by atoms with E-state index in [0.29, 0.717) is 6.61 Å². The molecule has 110 valence electrons. The molecule has 2 heterocycles. The molecule has 0 aliphatic carbocycles. The summed E-state index contributed by atoms with van der Waals surface area (Å²) in [6.07, 6.45) is 0. The minimum atomic E-state index is -0.165. The van der Waals surface area contributed by atoms with E-state index < -0.39 is 0 Å². The highest BCUT2D eigenvalue weighted by molar-refractivity contribution is 5.44. The summed E-state index contributed by atoms with van der Waals surface area (Å²) in [4.78, 5) is 2.44. The van der Waals surface area contributed by atoms with Crippen LogP contribution in [0.15, 0.2) is 18.2 Å². The lowest BCUT2D eigenvalue weighted by molar-refractivity contribution is -0.188. The minimum absolute atomic E-state index is 0.165. The molecule has 1 aromatic carbocycles. The second-order valence-corrected chi connectivity index (χ2v) is 7.08. The first-order valence-corrected chi connectivity index (χ1v) is 7.16. The van der Waals surface area contributed by atoms with Crippen molar-refractivity contribution in [3.8, 4) is 11.5 Å². The highest BCUT2D eigenvalue weighted by Crippen LogP contribution is 2.41. The van der Waals surface area contributed by atoms with Crippen molar-refractivity contribution < 1.29 is 14.6 Å². The quantitative estimate of drug-likeness (QED) is 0.857. The highest BCUT2D eigenvalue weighted by Gasteiger charge is 2.42. The van der Waals surface area contributed by atoms with E-state index in [1.54, 1.807) is 12.1 Å². The van der Waals surface area contributed by atoms with Crippen LogP contribution in [0.3, 0.4) is 0 Å². The van der Waals surface area contributed by atoms with E-state index >= 15 is 0 Å². The number of hydrogen-bond donors (Lipinski definition) is 1. The lowest BCUT2D eigenvalue weighted by Crippen LogP contribution is -2.58. The zero-order valence-electron chi connectivity index (χ0n) is 12.6. The number of phenols is 1. The SMILES string of the molecule is CC1(C)CN(C2COc3cc(O)ccc32)CC(C)(C)O1. The van der Waals surface area contributed by atoms with E-state index in [9.17, 15) is 5.11 Å². The van der Waals surface area contributed by atoms with Crippen LogP contribution in [0.1, 0.15) is 39.3 Å². The Bertz CT molecular complexity index is 508. The largest absolute Gasteiger partial charge is 0.508 e. The lowest BCUT2D eigenvalue weighted by atomic mass is 9.95. The summed E-state index contributed by atoms with van der Waals surface area (Å²) in [6, 6.07) is 5.65. The lowest BCUT2D eigenvalue weighted by Gasteiger charge is -2.48. The van der Waals surface area contributed by atoms with Gasteiger partial charge in [-0.1, -0.05) is 0 Å². The fourth-order valence-corrected chi connectivity index (χ4v) is 3.55. The van der Waals surface area contributed by atoms with Crippen LogP contribution in [0.5, 0.6) is 11.5 Å². The van der Waals surface area contributed by atoms with Gasteiger partial charge in [-0.05, 0) is 39.8 Å². The van der Waals surface area contributed by atoms with Gasteiger partial charge >= 0.3 is 0 Å². The minimum Gasteiger partial charge on any atom is -0.508 e. The van der Waals surface area contributed by atoms with Crippen molar-refractivity contribution in [2.45, 2.75) is 44.9 Å². The molecule has 1 fully saturated rings. The molecule has 4 heteroatoms. The second-order valence-electron chi connectivity index (χ2n) is 7.08. The number of morpholine rings is 1. The Morgan fingerprint density at radius 3 is 2.45 bits per heavy atom. The normalized spacial score (nSPS) is 27.9. The number of benzene rings is 1.